The summed E-state index contributed by atoms with van der Waals surface area (Å²) >= 11 is 0. The summed E-state index contributed by atoms with van der Waals surface area (Å²) in [7, 11) is 0. The number of halogens is 1. The highest BCUT2D eigenvalue weighted by Crippen LogP contribution is 2.14. The first-order valence-corrected chi connectivity index (χ1v) is 7.77. The second-order valence-corrected chi connectivity index (χ2v) is 5.60. The third-order valence-corrected chi connectivity index (χ3v) is 3.80. The minimum atomic E-state index is -0.495. The van der Waals surface area contributed by atoms with Crippen molar-refractivity contribution in [3.8, 4) is 0 Å². The number of benzene rings is 2. The number of rotatable bonds is 4. The highest BCUT2D eigenvalue weighted by Gasteiger charge is 2.12. The molecule has 3 aromatic rings. The number of fused-ring (bicyclic) bond motifs is 1. The molecule has 0 bridgehead atoms. The molecule has 1 heterocycles. The summed E-state index contributed by atoms with van der Waals surface area (Å²) in [6.45, 7) is 1.83. The zero-order chi connectivity index (χ0) is 17.8. The molecule has 0 spiro atoms. The zero-order valence-electron chi connectivity index (χ0n) is 13.6. The van der Waals surface area contributed by atoms with Crippen molar-refractivity contribution in [2.75, 3.05) is 0 Å². The molecule has 0 saturated heterocycles. The maximum atomic E-state index is 13.5. The van der Waals surface area contributed by atoms with Crippen LogP contribution in [0.15, 0.2) is 48.5 Å². The number of nitrogens with zero attached hydrogens (tertiary/aromatic N) is 2. The van der Waals surface area contributed by atoms with Gasteiger partial charge in [-0.15, -0.1) is 0 Å². The average Bonchev–Trinajstić information content (AvgIpc) is 2.91. The number of para-hydroxylation sites is 2. The van der Waals surface area contributed by atoms with E-state index in [2.05, 4.69) is 15.8 Å². The molecule has 0 aliphatic heterocycles. The molecule has 0 atom stereocenters. The van der Waals surface area contributed by atoms with Crippen LogP contribution in [0, 0.1) is 12.7 Å². The van der Waals surface area contributed by atoms with E-state index in [-0.39, 0.29) is 18.5 Å². The number of imidazole rings is 1. The lowest BCUT2D eigenvalue weighted by molar-refractivity contribution is -0.128. The van der Waals surface area contributed by atoms with Gasteiger partial charge in [-0.05, 0) is 30.7 Å². The molecule has 2 amide bonds. The molecular weight excluding hydrogens is 323 g/mol. The van der Waals surface area contributed by atoms with Gasteiger partial charge in [-0.1, -0.05) is 30.3 Å². The summed E-state index contributed by atoms with van der Waals surface area (Å²) in [4.78, 5) is 28.3. The molecule has 25 heavy (non-hydrogen) atoms. The van der Waals surface area contributed by atoms with Gasteiger partial charge in [0.1, 0.15) is 18.2 Å². The lowest BCUT2D eigenvalue weighted by Crippen LogP contribution is -2.44. The Morgan fingerprint density at radius 2 is 1.72 bits per heavy atom. The van der Waals surface area contributed by atoms with Crippen LogP contribution in [0.4, 0.5) is 4.39 Å². The van der Waals surface area contributed by atoms with E-state index in [1.807, 2.05) is 31.2 Å². The Balaban J connectivity index is 1.58. The molecule has 7 heteroatoms. The summed E-state index contributed by atoms with van der Waals surface area (Å²) in [6, 6.07) is 13.5. The summed E-state index contributed by atoms with van der Waals surface area (Å²) in [5.74, 6) is -0.641. The number of nitrogens with one attached hydrogen (secondary N) is 2. The van der Waals surface area contributed by atoms with Gasteiger partial charge in [-0.25, -0.2) is 9.37 Å². The summed E-state index contributed by atoms with van der Waals surface area (Å²) in [6.07, 6.45) is -0.153. The van der Waals surface area contributed by atoms with Crippen molar-refractivity contribution < 1.29 is 14.0 Å². The molecular formula is C18H17FN4O2. The number of aryl methyl sites for hydroxylation is 1. The van der Waals surface area contributed by atoms with Crippen LogP contribution in [0.25, 0.3) is 11.0 Å². The molecule has 2 aromatic carbocycles. The number of hydrogen-bond donors (Lipinski definition) is 2. The van der Waals surface area contributed by atoms with E-state index in [0.717, 1.165) is 11.0 Å². The molecule has 0 fully saturated rings. The smallest absolute Gasteiger partial charge is 0.258 e. The van der Waals surface area contributed by atoms with Gasteiger partial charge >= 0.3 is 0 Å². The fourth-order valence-electron chi connectivity index (χ4n) is 2.58. The quantitative estimate of drug-likeness (QED) is 0.712. The van der Waals surface area contributed by atoms with Crippen molar-refractivity contribution in [1.82, 2.24) is 20.4 Å². The Kier molecular flexibility index (Phi) is 4.74. The van der Waals surface area contributed by atoms with E-state index < -0.39 is 17.6 Å². The zero-order valence-corrected chi connectivity index (χ0v) is 13.6. The summed E-state index contributed by atoms with van der Waals surface area (Å²) in [5, 5.41) is 0. The first kappa shape index (κ1) is 16.6. The monoisotopic (exact) mass is 340 g/mol. The van der Waals surface area contributed by atoms with Crippen molar-refractivity contribution in [1.29, 1.82) is 0 Å². The van der Waals surface area contributed by atoms with E-state index in [1.165, 1.54) is 12.1 Å². The molecule has 3 rings (SSSR count). The van der Waals surface area contributed by atoms with Crippen LogP contribution in [0.2, 0.25) is 0 Å². The van der Waals surface area contributed by atoms with E-state index in [9.17, 15) is 14.0 Å². The minimum Gasteiger partial charge on any atom is -0.319 e. The first-order chi connectivity index (χ1) is 12.0. The van der Waals surface area contributed by atoms with Gasteiger partial charge in [0.15, 0.2) is 0 Å². The number of carbonyl (C=O) groups is 2. The average molecular weight is 340 g/mol. The van der Waals surface area contributed by atoms with E-state index >= 15 is 0 Å². The van der Waals surface area contributed by atoms with Gasteiger partial charge in [0, 0.05) is 0 Å². The van der Waals surface area contributed by atoms with Crippen molar-refractivity contribution in [2.45, 2.75) is 19.9 Å². The Hall–Kier alpha value is -3.22. The van der Waals surface area contributed by atoms with Gasteiger partial charge in [-0.3, -0.25) is 20.4 Å². The minimum absolute atomic E-state index is 0.0202. The lowest BCUT2D eigenvalue weighted by atomic mass is 10.1. The highest BCUT2D eigenvalue weighted by molar-refractivity contribution is 5.84. The van der Waals surface area contributed by atoms with Gasteiger partial charge in [0.25, 0.3) is 5.91 Å². The van der Waals surface area contributed by atoms with Gasteiger partial charge in [0.05, 0.1) is 17.5 Å². The summed E-state index contributed by atoms with van der Waals surface area (Å²) in [5.41, 5.74) is 6.55. The van der Waals surface area contributed by atoms with Crippen LogP contribution >= 0.6 is 0 Å². The van der Waals surface area contributed by atoms with Crippen LogP contribution in [0.3, 0.4) is 0 Å². The molecule has 0 radical (unpaired) electrons. The maximum Gasteiger partial charge on any atom is 0.258 e. The molecule has 2 N–H and O–H groups in total. The van der Waals surface area contributed by atoms with Crippen LogP contribution in [0.1, 0.15) is 11.4 Å². The number of hydrazine groups is 1. The van der Waals surface area contributed by atoms with Crippen LogP contribution < -0.4 is 10.9 Å². The molecule has 128 valence electrons. The van der Waals surface area contributed by atoms with Crippen LogP contribution in [0.5, 0.6) is 0 Å². The van der Waals surface area contributed by atoms with Crippen LogP contribution in [-0.4, -0.2) is 21.4 Å². The number of carbonyl (C=O) groups excluding carboxylic acids is 2. The standard InChI is InChI=1S/C18H17FN4O2/c1-12-20-15-8-4-5-9-16(15)23(12)11-18(25)22-21-17(24)10-13-6-2-3-7-14(13)19/h2-9H,10-11H2,1H3,(H,21,24)(H,22,25). The first-order valence-electron chi connectivity index (χ1n) is 7.77. The predicted molar refractivity (Wildman–Crippen MR) is 90.9 cm³/mol. The van der Waals surface area contributed by atoms with E-state index in [0.29, 0.717) is 5.82 Å². The van der Waals surface area contributed by atoms with Gasteiger partial charge < -0.3 is 4.57 Å². The molecule has 1 aromatic heterocycles. The fraction of sp³-hybridized carbons (Fsp3) is 0.167. The van der Waals surface area contributed by atoms with Gasteiger partial charge in [-0.2, -0.15) is 0 Å². The number of hydrogen-bond acceptors (Lipinski definition) is 3. The Bertz CT molecular complexity index is 936. The van der Waals surface area contributed by atoms with E-state index in [1.54, 1.807) is 16.7 Å². The van der Waals surface area contributed by atoms with E-state index in [4.69, 9.17) is 0 Å². The summed E-state index contributed by atoms with van der Waals surface area (Å²) < 4.78 is 15.3. The van der Waals surface area contributed by atoms with Crippen molar-refractivity contribution in [3.05, 3.63) is 65.7 Å². The molecule has 0 aliphatic carbocycles. The second-order valence-electron chi connectivity index (χ2n) is 5.60. The Morgan fingerprint density at radius 1 is 1.04 bits per heavy atom. The lowest BCUT2D eigenvalue weighted by Gasteiger charge is -2.10. The predicted octanol–water partition coefficient (Wildman–Crippen LogP) is 1.87. The van der Waals surface area contributed by atoms with Crippen molar-refractivity contribution in [3.63, 3.8) is 0 Å². The van der Waals surface area contributed by atoms with Gasteiger partial charge in [0.2, 0.25) is 5.91 Å². The molecule has 6 nitrogen and oxygen atoms in total. The van der Waals surface area contributed by atoms with Crippen LogP contribution in [-0.2, 0) is 22.6 Å². The Morgan fingerprint density at radius 3 is 2.52 bits per heavy atom. The number of aromatic nitrogens is 2. The normalized spacial score (nSPS) is 10.6. The molecule has 0 aliphatic rings. The third-order valence-electron chi connectivity index (χ3n) is 3.80. The highest BCUT2D eigenvalue weighted by atomic mass is 19.1. The molecule has 0 saturated carbocycles. The largest absolute Gasteiger partial charge is 0.319 e. The number of amides is 2. The SMILES string of the molecule is Cc1nc2ccccc2n1CC(=O)NNC(=O)Cc1ccccc1F. The third kappa shape index (κ3) is 3.82. The Labute approximate surface area is 143 Å². The van der Waals surface area contributed by atoms with Crippen molar-refractivity contribution in [2.24, 2.45) is 0 Å². The fourth-order valence-corrected chi connectivity index (χ4v) is 2.58. The second kappa shape index (κ2) is 7.12. The van der Waals surface area contributed by atoms with Crippen molar-refractivity contribution >= 4 is 22.8 Å². The topological polar surface area (TPSA) is 76.0 Å². The maximum absolute atomic E-state index is 13.5. The molecule has 0 unspecified atom stereocenters.